The van der Waals surface area contributed by atoms with E-state index in [9.17, 15) is 9.90 Å². The standard InChI is InChI=1S/C9H12N2O2/c1-6(12)7-3-4-11-8(5-7)9(13)10-2/h3-6,12H,1-2H3,(H,10,13). The van der Waals surface area contributed by atoms with Crippen molar-refractivity contribution in [1.82, 2.24) is 10.3 Å². The molecule has 1 heterocycles. The van der Waals surface area contributed by atoms with Crippen molar-refractivity contribution < 1.29 is 9.90 Å². The Morgan fingerprint density at radius 2 is 2.38 bits per heavy atom. The molecule has 0 aliphatic rings. The van der Waals surface area contributed by atoms with Gasteiger partial charge in [0.25, 0.3) is 5.91 Å². The minimum Gasteiger partial charge on any atom is -0.389 e. The zero-order valence-corrected chi connectivity index (χ0v) is 7.61. The van der Waals surface area contributed by atoms with E-state index in [-0.39, 0.29) is 5.91 Å². The van der Waals surface area contributed by atoms with Gasteiger partial charge >= 0.3 is 0 Å². The number of aromatic nitrogens is 1. The van der Waals surface area contributed by atoms with Gasteiger partial charge in [-0.3, -0.25) is 9.78 Å². The average Bonchev–Trinajstić information content (AvgIpc) is 2.17. The average molecular weight is 180 g/mol. The minimum absolute atomic E-state index is 0.248. The number of hydrogen-bond donors (Lipinski definition) is 2. The Morgan fingerprint density at radius 3 is 2.92 bits per heavy atom. The van der Waals surface area contributed by atoms with Crippen LogP contribution in [0, 0.1) is 0 Å². The zero-order chi connectivity index (χ0) is 9.84. The second-order valence-electron chi connectivity index (χ2n) is 2.73. The molecule has 13 heavy (non-hydrogen) atoms. The summed E-state index contributed by atoms with van der Waals surface area (Å²) in [6.45, 7) is 1.64. The van der Waals surface area contributed by atoms with Crippen molar-refractivity contribution in [3.05, 3.63) is 29.6 Å². The lowest BCUT2D eigenvalue weighted by molar-refractivity contribution is 0.0958. The third-order valence-electron chi connectivity index (χ3n) is 1.73. The molecule has 1 rings (SSSR count). The van der Waals surface area contributed by atoms with Crippen molar-refractivity contribution in [2.24, 2.45) is 0 Å². The molecule has 0 aliphatic carbocycles. The summed E-state index contributed by atoms with van der Waals surface area (Å²) in [6, 6.07) is 3.25. The molecule has 0 aliphatic heterocycles. The van der Waals surface area contributed by atoms with Crippen molar-refractivity contribution in [1.29, 1.82) is 0 Å². The molecule has 0 bridgehead atoms. The molecule has 2 N–H and O–H groups in total. The van der Waals surface area contributed by atoms with E-state index in [1.54, 1.807) is 26.1 Å². The minimum atomic E-state index is -0.577. The van der Waals surface area contributed by atoms with Crippen LogP contribution >= 0.6 is 0 Å². The Morgan fingerprint density at radius 1 is 1.69 bits per heavy atom. The number of aliphatic hydroxyl groups excluding tert-OH is 1. The monoisotopic (exact) mass is 180 g/mol. The highest BCUT2D eigenvalue weighted by Gasteiger charge is 2.07. The van der Waals surface area contributed by atoms with Gasteiger partial charge in [-0.2, -0.15) is 0 Å². The normalized spacial score (nSPS) is 12.2. The van der Waals surface area contributed by atoms with E-state index in [0.717, 1.165) is 0 Å². The van der Waals surface area contributed by atoms with E-state index in [1.807, 2.05) is 0 Å². The van der Waals surface area contributed by atoms with Crippen LogP contribution in [0.5, 0.6) is 0 Å². The molecule has 70 valence electrons. The Kier molecular flexibility index (Phi) is 2.97. The first-order chi connectivity index (χ1) is 6.15. The van der Waals surface area contributed by atoms with Gasteiger partial charge in [-0.1, -0.05) is 0 Å². The number of pyridine rings is 1. The van der Waals surface area contributed by atoms with Crippen LogP contribution in [0.3, 0.4) is 0 Å². The van der Waals surface area contributed by atoms with Crippen molar-refractivity contribution in [3.63, 3.8) is 0 Å². The molecule has 0 radical (unpaired) electrons. The highest BCUT2D eigenvalue weighted by Crippen LogP contribution is 2.11. The van der Waals surface area contributed by atoms with Crippen LogP contribution in [-0.4, -0.2) is 23.0 Å². The van der Waals surface area contributed by atoms with E-state index in [4.69, 9.17) is 0 Å². The molecule has 1 aromatic rings. The topological polar surface area (TPSA) is 62.2 Å². The molecule has 4 heteroatoms. The lowest BCUT2D eigenvalue weighted by Crippen LogP contribution is -2.19. The smallest absolute Gasteiger partial charge is 0.269 e. The van der Waals surface area contributed by atoms with E-state index >= 15 is 0 Å². The number of amides is 1. The Labute approximate surface area is 76.6 Å². The molecule has 0 saturated carbocycles. The number of nitrogens with one attached hydrogen (secondary N) is 1. The molecule has 1 unspecified atom stereocenters. The maximum Gasteiger partial charge on any atom is 0.269 e. The van der Waals surface area contributed by atoms with Crippen LogP contribution in [-0.2, 0) is 0 Å². The van der Waals surface area contributed by atoms with Crippen LogP contribution < -0.4 is 5.32 Å². The Bertz CT molecular complexity index is 310. The highest BCUT2D eigenvalue weighted by molar-refractivity contribution is 5.92. The highest BCUT2D eigenvalue weighted by atomic mass is 16.3. The van der Waals surface area contributed by atoms with Gasteiger partial charge in [-0.15, -0.1) is 0 Å². The van der Waals surface area contributed by atoms with E-state index in [2.05, 4.69) is 10.3 Å². The summed E-state index contributed by atoms with van der Waals surface area (Å²) < 4.78 is 0. The summed E-state index contributed by atoms with van der Waals surface area (Å²) in [5.74, 6) is -0.248. The molecule has 0 fully saturated rings. The number of nitrogens with zero attached hydrogens (tertiary/aromatic N) is 1. The van der Waals surface area contributed by atoms with Crippen LogP contribution in [0.2, 0.25) is 0 Å². The molecule has 4 nitrogen and oxygen atoms in total. The summed E-state index contributed by atoms with van der Waals surface area (Å²) >= 11 is 0. The van der Waals surface area contributed by atoms with Crippen molar-refractivity contribution in [3.8, 4) is 0 Å². The molecular weight excluding hydrogens is 168 g/mol. The lowest BCUT2D eigenvalue weighted by Gasteiger charge is -2.05. The Balaban J connectivity index is 2.98. The fraction of sp³-hybridized carbons (Fsp3) is 0.333. The maximum atomic E-state index is 11.1. The first-order valence-electron chi connectivity index (χ1n) is 4.01. The maximum absolute atomic E-state index is 11.1. The van der Waals surface area contributed by atoms with E-state index in [1.165, 1.54) is 6.20 Å². The molecule has 1 amide bonds. The summed E-state index contributed by atoms with van der Waals surface area (Å²) in [5, 5.41) is 11.7. The summed E-state index contributed by atoms with van der Waals surface area (Å²) in [4.78, 5) is 15.0. The van der Waals surface area contributed by atoms with Crippen LogP contribution in [0.15, 0.2) is 18.3 Å². The predicted octanol–water partition coefficient (Wildman–Crippen LogP) is 0.494. The SMILES string of the molecule is CNC(=O)c1cc(C(C)O)ccn1. The van der Waals surface area contributed by atoms with Gasteiger partial charge in [-0.05, 0) is 24.6 Å². The molecule has 0 saturated heterocycles. The van der Waals surface area contributed by atoms with Crippen molar-refractivity contribution >= 4 is 5.91 Å². The van der Waals surface area contributed by atoms with E-state index < -0.39 is 6.10 Å². The second kappa shape index (κ2) is 4.00. The van der Waals surface area contributed by atoms with Gasteiger partial charge in [-0.25, -0.2) is 0 Å². The van der Waals surface area contributed by atoms with Gasteiger partial charge in [0.2, 0.25) is 0 Å². The number of carbonyl (C=O) groups excluding carboxylic acids is 1. The van der Waals surface area contributed by atoms with Crippen molar-refractivity contribution in [2.45, 2.75) is 13.0 Å². The van der Waals surface area contributed by atoms with Gasteiger partial charge in [0.1, 0.15) is 5.69 Å². The molecule has 0 aromatic carbocycles. The summed E-state index contributed by atoms with van der Waals surface area (Å²) in [6.07, 6.45) is 0.929. The number of rotatable bonds is 2. The fourth-order valence-corrected chi connectivity index (χ4v) is 0.959. The summed E-state index contributed by atoms with van der Waals surface area (Å²) in [5.41, 5.74) is 1.01. The van der Waals surface area contributed by atoms with Crippen molar-refractivity contribution in [2.75, 3.05) is 7.05 Å². The first-order valence-corrected chi connectivity index (χ1v) is 4.01. The van der Waals surface area contributed by atoms with Gasteiger partial charge in [0, 0.05) is 13.2 Å². The van der Waals surface area contributed by atoms with Gasteiger partial charge < -0.3 is 10.4 Å². The zero-order valence-electron chi connectivity index (χ0n) is 7.61. The predicted molar refractivity (Wildman–Crippen MR) is 48.3 cm³/mol. The van der Waals surface area contributed by atoms with Gasteiger partial charge in [0.05, 0.1) is 6.10 Å². The van der Waals surface area contributed by atoms with Crippen LogP contribution in [0.4, 0.5) is 0 Å². The van der Waals surface area contributed by atoms with Crippen LogP contribution in [0.25, 0.3) is 0 Å². The lowest BCUT2D eigenvalue weighted by atomic mass is 10.1. The number of aliphatic hydroxyl groups is 1. The quantitative estimate of drug-likeness (QED) is 0.696. The Hall–Kier alpha value is -1.42. The fourth-order valence-electron chi connectivity index (χ4n) is 0.959. The van der Waals surface area contributed by atoms with Gasteiger partial charge in [0.15, 0.2) is 0 Å². The van der Waals surface area contributed by atoms with E-state index in [0.29, 0.717) is 11.3 Å². The summed E-state index contributed by atoms with van der Waals surface area (Å²) in [7, 11) is 1.54. The molecular formula is C9H12N2O2. The molecule has 1 aromatic heterocycles. The second-order valence-corrected chi connectivity index (χ2v) is 2.73. The molecule has 0 spiro atoms. The first kappa shape index (κ1) is 9.67. The largest absolute Gasteiger partial charge is 0.389 e. The third-order valence-corrected chi connectivity index (χ3v) is 1.73. The number of hydrogen-bond acceptors (Lipinski definition) is 3. The number of carbonyl (C=O) groups is 1. The van der Waals surface area contributed by atoms with Crippen LogP contribution in [0.1, 0.15) is 29.1 Å². The third kappa shape index (κ3) is 2.26. The molecule has 1 atom stereocenters.